The second-order valence-corrected chi connectivity index (χ2v) is 9.26. The number of amides is 1. The maximum Gasteiger partial charge on any atom is 0.407 e. The summed E-state index contributed by atoms with van der Waals surface area (Å²) in [4.78, 5) is 23.9. The molecule has 0 aliphatic carbocycles. The average molecular weight is 461 g/mol. The molecule has 0 spiro atoms. The van der Waals surface area contributed by atoms with Crippen molar-refractivity contribution in [2.75, 3.05) is 0 Å². The highest BCUT2D eigenvalue weighted by Gasteiger charge is 2.37. The lowest BCUT2D eigenvalue weighted by molar-refractivity contribution is -0.145. The summed E-state index contributed by atoms with van der Waals surface area (Å²) >= 11 is 5.97. The molecular formula is C24H26ClFN2O4. The van der Waals surface area contributed by atoms with E-state index in [0.717, 1.165) is 5.56 Å². The Labute approximate surface area is 192 Å². The number of nitriles is 1. The van der Waals surface area contributed by atoms with Crippen molar-refractivity contribution in [1.29, 1.82) is 5.26 Å². The van der Waals surface area contributed by atoms with Crippen molar-refractivity contribution < 1.29 is 23.8 Å². The quantitative estimate of drug-likeness (QED) is 0.561. The third-order valence-corrected chi connectivity index (χ3v) is 5.00. The molecule has 0 saturated carbocycles. The number of ether oxygens (including phenoxy) is 1. The van der Waals surface area contributed by atoms with E-state index in [1.54, 1.807) is 45.0 Å². The normalized spacial score (nSPS) is 14.0. The molecule has 0 radical (unpaired) electrons. The number of nitrogens with zero attached hydrogens (tertiary/aromatic N) is 1. The fraction of sp³-hybridized carbons (Fsp3) is 0.375. The first-order valence-electron chi connectivity index (χ1n) is 10.0. The van der Waals surface area contributed by atoms with Crippen LogP contribution in [0.2, 0.25) is 5.02 Å². The number of carboxylic acid groups (broad SMARTS) is 1. The monoisotopic (exact) mass is 460 g/mol. The molecule has 2 aromatic rings. The van der Waals surface area contributed by atoms with Crippen molar-refractivity contribution in [2.24, 2.45) is 5.41 Å². The first-order chi connectivity index (χ1) is 14.8. The van der Waals surface area contributed by atoms with Gasteiger partial charge in [-0.3, -0.25) is 4.79 Å². The third kappa shape index (κ3) is 6.96. The van der Waals surface area contributed by atoms with Crippen molar-refractivity contribution in [1.82, 2.24) is 5.32 Å². The Kier molecular flexibility index (Phi) is 7.87. The van der Waals surface area contributed by atoms with Gasteiger partial charge >= 0.3 is 12.1 Å². The summed E-state index contributed by atoms with van der Waals surface area (Å²) in [5.41, 5.74) is -0.678. The van der Waals surface area contributed by atoms with E-state index in [-0.39, 0.29) is 12.8 Å². The van der Waals surface area contributed by atoms with Gasteiger partial charge in [-0.05, 0) is 69.9 Å². The Balaban J connectivity index is 2.26. The van der Waals surface area contributed by atoms with Gasteiger partial charge in [-0.1, -0.05) is 35.9 Å². The summed E-state index contributed by atoms with van der Waals surface area (Å²) in [6.45, 7) is 6.45. The Bertz CT molecular complexity index is 1030. The maximum absolute atomic E-state index is 14.1. The van der Waals surface area contributed by atoms with Crippen molar-refractivity contribution in [3.63, 3.8) is 0 Å². The van der Waals surface area contributed by atoms with Crippen LogP contribution >= 0.6 is 11.6 Å². The van der Waals surface area contributed by atoms with Gasteiger partial charge in [0.15, 0.2) is 5.41 Å². The second kappa shape index (κ2) is 10.0. The topological polar surface area (TPSA) is 99.4 Å². The summed E-state index contributed by atoms with van der Waals surface area (Å²) in [7, 11) is 0. The van der Waals surface area contributed by atoms with E-state index in [0.29, 0.717) is 16.1 Å². The van der Waals surface area contributed by atoms with E-state index in [1.807, 2.05) is 6.07 Å². The fourth-order valence-electron chi connectivity index (χ4n) is 3.15. The predicted octanol–water partition coefficient (Wildman–Crippen LogP) is 5.59. The minimum absolute atomic E-state index is 0.122. The molecule has 0 saturated heterocycles. The van der Waals surface area contributed by atoms with Gasteiger partial charge in [0.1, 0.15) is 11.4 Å². The molecular weight excluding hydrogens is 435 g/mol. The van der Waals surface area contributed by atoms with Crippen LogP contribution in [-0.2, 0) is 16.0 Å². The summed E-state index contributed by atoms with van der Waals surface area (Å²) in [5, 5.41) is 21.9. The van der Waals surface area contributed by atoms with Crippen molar-refractivity contribution >= 4 is 23.7 Å². The lowest BCUT2D eigenvalue weighted by Crippen LogP contribution is -2.44. The van der Waals surface area contributed by atoms with Crippen LogP contribution in [0.5, 0.6) is 0 Å². The van der Waals surface area contributed by atoms with Crippen LogP contribution in [0.15, 0.2) is 42.5 Å². The lowest BCUT2D eigenvalue weighted by Gasteiger charge is -2.27. The molecule has 0 aliphatic heterocycles. The molecule has 2 rings (SSSR count). The van der Waals surface area contributed by atoms with Gasteiger partial charge in [0, 0.05) is 16.6 Å². The summed E-state index contributed by atoms with van der Waals surface area (Å²) in [6, 6.07) is 12.4. The zero-order chi connectivity index (χ0) is 24.1. The van der Waals surface area contributed by atoms with Crippen molar-refractivity contribution in [3.05, 3.63) is 58.9 Å². The number of carbonyl (C=O) groups is 2. The molecule has 2 aromatic carbocycles. The molecule has 2 N–H and O–H groups in total. The van der Waals surface area contributed by atoms with Gasteiger partial charge in [-0.2, -0.15) is 5.26 Å². The highest BCUT2D eigenvalue weighted by Crippen LogP contribution is 2.28. The van der Waals surface area contributed by atoms with Gasteiger partial charge in [-0.25, -0.2) is 9.18 Å². The van der Waals surface area contributed by atoms with Crippen LogP contribution in [-0.4, -0.2) is 28.8 Å². The first-order valence-corrected chi connectivity index (χ1v) is 10.4. The van der Waals surface area contributed by atoms with Crippen LogP contribution in [0, 0.1) is 22.6 Å². The number of benzene rings is 2. The number of hydrogen-bond donors (Lipinski definition) is 2. The fourth-order valence-corrected chi connectivity index (χ4v) is 3.32. The minimum Gasteiger partial charge on any atom is -0.480 e. The number of aliphatic carboxylic acids is 1. The minimum atomic E-state index is -1.69. The van der Waals surface area contributed by atoms with E-state index in [9.17, 15) is 24.3 Å². The van der Waals surface area contributed by atoms with E-state index < -0.39 is 34.9 Å². The molecule has 32 heavy (non-hydrogen) atoms. The standard InChI is InChI=1S/C24H26ClFN2O4/c1-23(2,3)32-22(31)28-18(13-24(4,14-27)21(29)30)11-15-5-7-16(8-6-15)19-12-17(25)9-10-20(19)26/h5-10,12,18H,11,13H2,1-4H3,(H,28,31)(H,29,30). The third-order valence-electron chi connectivity index (χ3n) is 4.77. The predicted molar refractivity (Wildman–Crippen MR) is 120 cm³/mol. The molecule has 1 amide bonds. The number of carbonyl (C=O) groups excluding carboxylic acids is 1. The number of carboxylic acids is 1. The molecule has 0 heterocycles. The molecule has 170 valence electrons. The van der Waals surface area contributed by atoms with Gasteiger partial charge in [0.05, 0.1) is 6.07 Å². The van der Waals surface area contributed by atoms with Gasteiger partial charge in [0.2, 0.25) is 0 Å². The Morgan fingerprint density at radius 1 is 1.19 bits per heavy atom. The Morgan fingerprint density at radius 3 is 2.34 bits per heavy atom. The SMILES string of the molecule is CC(C)(C)OC(=O)NC(Cc1ccc(-c2cc(Cl)ccc2F)cc1)CC(C)(C#N)C(=O)O. The first kappa shape index (κ1) is 25.2. The zero-order valence-electron chi connectivity index (χ0n) is 18.4. The number of nitrogens with one attached hydrogen (secondary N) is 1. The van der Waals surface area contributed by atoms with Gasteiger partial charge < -0.3 is 15.2 Å². The van der Waals surface area contributed by atoms with Crippen LogP contribution in [0.4, 0.5) is 9.18 Å². The van der Waals surface area contributed by atoms with Crippen LogP contribution < -0.4 is 5.32 Å². The van der Waals surface area contributed by atoms with E-state index in [4.69, 9.17) is 16.3 Å². The molecule has 0 aliphatic rings. The van der Waals surface area contributed by atoms with Gasteiger partial charge in [-0.15, -0.1) is 0 Å². The molecule has 2 atom stereocenters. The Morgan fingerprint density at radius 2 is 1.81 bits per heavy atom. The van der Waals surface area contributed by atoms with Crippen LogP contribution in [0.3, 0.4) is 0 Å². The van der Waals surface area contributed by atoms with Crippen molar-refractivity contribution in [2.45, 2.75) is 52.2 Å². The Hall–Kier alpha value is -3.11. The average Bonchev–Trinajstić information content (AvgIpc) is 2.68. The van der Waals surface area contributed by atoms with Gasteiger partial charge in [0.25, 0.3) is 0 Å². The molecule has 0 aromatic heterocycles. The largest absolute Gasteiger partial charge is 0.480 e. The summed E-state index contributed by atoms with van der Waals surface area (Å²) in [5.74, 6) is -1.68. The molecule has 2 unspecified atom stereocenters. The molecule has 0 fully saturated rings. The van der Waals surface area contributed by atoms with E-state index in [2.05, 4.69) is 5.32 Å². The smallest absolute Gasteiger partial charge is 0.407 e. The molecule has 8 heteroatoms. The number of alkyl carbamates (subject to hydrolysis) is 1. The van der Waals surface area contributed by atoms with Crippen molar-refractivity contribution in [3.8, 4) is 17.2 Å². The highest BCUT2D eigenvalue weighted by molar-refractivity contribution is 6.30. The van der Waals surface area contributed by atoms with E-state index in [1.165, 1.54) is 25.1 Å². The number of rotatable bonds is 7. The number of halogens is 2. The molecule has 0 bridgehead atoms. The highest BCUT2D eigenvalue weighted by atomic mass is 35.5. The lowest BCUT2D eigenvalue weighted by atomic mass is 9.83. The zero-order valence-corrected chi connectivity index (χ0v) is 19.2. The maximum atomic E-state index is 14.1. The number of hydrogen-bond acceptors (Lipinski definition) is 4. The molecule has 6 nitrogen and oxygen atoms in total. The van der Waals surface area contributed by atoms with Crippen LogP contribution in [0.25, 0.3) is 11.1 Å². The second-order valence-electron chi connectivity index (χ2n) is 8.82. The summed E-state index contributed by atoms with van der Waals surface area (Å²) in [6.07, 6.45) is -0.573. The van der Waals surface area contributed by atoms with Crippen LogP contribution in [0.1, 0.15) is 39.7 Å². The van der Waals surface area contributed by atoms with E-state index >= 15 is 0 Å². The summed E-state index contributed by atoms with van der Waals surface area (Å²) < 4.78 is 19.4.